The number of anilines is 1. The largest absolute Gasteiger partial charge is 0.478 e. The first-order chi connectivity index (χ1) is 9.60. The summed E-state index contributed by atoms with van der Waals surface area (Å²) in [7, 11) is 0. The Balaban J connectivity index is 2.20. The Morgan fingerprint density at radius 3 is 2.80 bits per heavy atom. The summed E-state index contributed by atoms with van der Waals surface area (Å²) < 4.78 is 5.30. The van der Waals surface area contributed by atoms with Crippen molar-refractivity contribution in [3.63, 3.8) is 0 Å². The number of nitrogens with zero attached hydrogens (tertiary/aromatic N) is 3. The van der Waals surface area contributed by atoms with Gasteiger partial charge in [-0.15, -0.1) is 0 Å². The van der Waals surface area contributed by atoms with E-state index in [0.29, 0.717) is 28.2 Å². The summed E-state index contributed by atoms with van der Waals surface area (Å²) in [4.78, 5) is 18.3. The lowest BCUT2D eigenvalue weighted by Gasteiger charge is -2.07. The Hall–Kier alpha value is -2.35. The molecule has 0 spiro atoms. The van der Waals surface area contributed by atoms with Crippen LogP contribution in [0.5, 0.6) is 5.88 Å². The van der Waals surface area contributed by atoms with Crippen LogP contribution in [0.2, 0.25) is 0 Å². The Labute approximate surface area is 119 Å². The normalized spacial score (nSPS) is 10.2. The van der Waals surface area contributed by atoms with E-state index in [9.17, 15) is 10.1 Å². The fraction of sp³-hybridized carbons (Fsp3) is 0.167. The third kappa shape index (κ3) is 3.35. The van der Waals surface area contributed by atoms with Gasteiger partial charge in [0.25, 0.3) is 5.69 Å². The van der Waals surface area contributed by atoms with Crippen LogP contribution in [0.3, 0.4) is 0 Å². The minimum absolute atomic E-state index is 0.0571. The van der Waals surface area contributed by atoms with Crippen molar-refractivity contribution in [2.45, 2.75) is 17.0 Å². The number of nitrogen functional groups attached to an aromatic ring is 1. The molecule has 20 heavy (non-hydrogen) atoms. The molecule has 104 valence electrons. The van der Waals surface area contributed by atoms with Gasteiger partial charge in [0, 0.05) is 12.1 Å². The standard InChI is InChI=1S/C12H12N4O3S/c1-2-19-10-5-4-9(13)12(15-10)20-11-6-3-8(7-14-11)16(17)18/h3-7H,2,13H2,1H3. The van der Waals surface area contributed by atoms with Crippen LogP contribution in [0.4, 0.5) is 11.4 Å². The van der Waals surface area contributed by atoms with Gasteiger partial charge in [-0.3, -0.25) is 10.1 Å². The highest BCUT2D eigenvalue weighted by atomic mass is 32.2. The molecule has 0 aliphatic carbocycles. The van der Waals surface area contributed by atoms with Gasteiger partial charge in [0.05, 0.1) is 17.2 Å². The molecule has 0 unspecified atom stereocenters. The molecule has 0 radical (unpaired) electrons. The third-order valence-corrected chi connectivity index (χ3v) is 3.26. The van der Waals surface area contributed by atoms with E-state index in [0.717, 1.165) is 0 Å². The second-order valence-electron chi connectivity index (χ2n) is 3.69. The SMILES string of the molecule is CCOc1ccc(N)c(Sc2ccc([N+](=O)[O-])cn2)n1. The van der Waals surface area contributed by atoms with E-state index in [-0.39, 0.29) is 5.69 Å². The highest BCUT2D eigenvalue weighted by Gasteiger charge is 2.10. The van der Waals surface area contributed by atoms with Crippen molar-refractivity contribution in [3.8, 4) is 5.88 Å². The van der Waals surface area contributed by atoms with Gasteiger partial charge >= 0.3 is 0 Å². The smallest absolute Gasteiger partial charge is 0.287 e. The first-order valence-corrected chi connectivity index (χ1v) is 6.59. The molecular weight excluding hydrogens is 280 g/mol. The van der Waals surface area contributed by atoms with Crippen molar-refractivity contribution in [2.75, 3.05) is 12.3 Å². The van der Waals surface area contributed by atoms with Gasteiger partial charge < -0.3 is 10.5 Å². The van der Waals surface area contributed by atoms with Gasteiger partial charge in [-0.1, -0.05) is 0 Å². The van der Waals surface area contributed by atoms with Crippen LogP contribution in [0.1, 0.15) is 6.92 Å². The van der Waals surface area contributed by atoms with Crippen LogP contribution in [0.15, 0.2) is 40.5 Å². The van der Waals surface area contributed by atoms with E-state index >= 15 is 0 Å². The van der Waals surface area contributed by atoms with Crippen molar-refractivity contribution >= 4 is 23.1 Å². The monoisotopic (exact) mass is 292 g/mol. The minimum Gasteiger partial charge on any atom is -0.478 e. The molecule has 0 fully saturated rings. The lowest BCUT2D eigenvalue weighted by Crippen LogP contribution is -1.98. The summed E-state index contributed by atoms with van der Waals surface area (Å²) in [6.07, 6.45) is 1.20. The molecule has 0 saturated carbocycles. The number of pyridine rings is 2. The third-order valence-electron chi connectivity index (χ3n) is 2.29. The molecule has 0 saturated heterocycles. The van der Waals surface area contributed by atoms with Gasteiger partial charge in [0.2, 0.25) is 5.88 Å². The summed E-state index contributed by atoms with van der Waals surface area (Å²) in [6.45, 7) is 2.37. The number of ether oxygens (including phenoxy) is 1. The van der Waals surface area contributed by atoms with Crippen LogP contribution in [-0.2, 0) is 0 Å². The van der Waals surface area contributed by atoms with E-state index in [1.54, 1.807) is 18.2 Å². The molecule has 2 N–H and O–H groups in total. The number of aromatic nitrogens is 2. The van der Waals surface area contributed by atoms with Crippen molar-refractivity contribution in [1.82, 2.24) is 9.97 Å². The zero-order valence-electron chi connectivity index (χ0n) is 10.6. The predicted molar refractivity (Wildman–Crippen MR) is 74.8 cm³/mol. The van der Waals surface area contributed by atoms with E-state index in [1.807, 2.05) is 6.92 Å². The molecule has 0 amide bonds. The maximum absolute atomic E-state index is 10.6. The predicted octanol–water partition coefficient (Wildman–Crippen LogP) is 2.52. The van der Waals surface area contributed by atoms with Crippen LogP contribution in [0.25, 0.3) is 0 Å². The molecule has 0 aromatic carbocycles. The molecule has 0 aliphatic heterocycles. The Morgan fingerprint density at radius 1 is 1.40 bits per heavy atom. The van der Waals surface area contributed by atoms with Crippen LogP contribution < -0.4 is 10.5 Å². The number of hydrogen-bond donors (Lipinski definition) is 1. The van der Waals surface area contributed by atoms with Crippen molar-refractivity contribution in [1.29, 1.82) is 0 Å². The van der Waals surface area contributed by atoms with E-state index < -0.39 is 4.92 Å². The molecule has 0 bridgehead atoms. The van der Waals surface area contributed by atoms with Crippen LogP contribution in [0, 0.1) is 10.1 Å². The molecule has 2 heterocycles. The van der Waals surface area contributed by atoms with Gasteiger partial charge in [-0.05, 0) is 30.8 Å². The second kappa shape index (κ2) is 6.20. The summed E-state index contributed by atoms with van der Waals surface area (Å²) >= 11 is 1.22. The number of hydrogen-bond acceptors (Lipinski definition) is 7. The molecule has 8 heteroatoms. The first-order valence-electron chi connectivity index (χ1n) is 5.77. The summed E-state index contributed by atoms with van der Waals surface area (Å²) in [5, 5.41) is 11.7. The highest BCUT2D eigenvalue weighted by molar-refractivity contribution is 7.99. The zero-order valence-corrected chi connectivity index (χ0v) is 11.5. The Bertz CT molecular complexity index is 619. The van der Waals surface area contributed by atoms with E-state index in [4.69, 9.17) is 10.5 Å². The van der Waals surface area contributed by atoms with Crippen molar-refractivity contribution in [3.05, 3.63) is 40.6 Å². The maximum atomic E-state index is 10.6. The molecular formula is C12H12N4O3S. The van der Waals surface area contributed by atoms with Gasteiger partial charge in [-0.25, -0.2) is 9.97 Å². The fourth-order valence-electron chi connectivity index (χ4n) is 1.38. The van der Waals surface area contributed by atoms with E-state index in [2.05, 4.69) is 9.97 Å². The average molecular weight is 292 g/mol. The number of nitro groups is 1. The van der Waals surface area contributed by atoms with Gasteiger partial charge in [-0.2, -0.15) is 0 Å². The lowest BCUT2D eigenvalue weighted by molar-refractivity contribution is -0.385. The quantitative estimate of drug-likeness (QED) is 0.666. The molecule has 0 atom stereocenters. The Morgan fingerprint density at radius 2 is 2.20 bits per heavy atom. The van der Waals surface area contributed by atoms with Gasteiger partial charge in [0.15, 0.2) is 0 Å². The van der Waals surface area contributed by atoms with Crippen LogP contribution in [-0.4, -0.2) is 21.5 Å². The first kappa shape index (κ1) is 14.1. The number of rotatable bonds is 5. The highest BCUT2D eigenvalue weighted by Crippen LogP contribution is 2.31. The molecule has 2 aromatic heterocycles. The summed E-state index contributed by atoms with van der Waals surface area (Å²) in [6, 6.07) is 6.33. The minimum atomic E-state index is -0.496. The van der Waals surface area contributed by atoms with Crippen LogP contribution >= 0.6 is 11.8 Å². The van der Waals surface area contributed by atoms with Crippen molar-refractivity contribution in [2.24, 2.45) is 0 Å². The zero-order chi connectivity index (χ0) is 14.5. The number of nitrogens with two attached hydrogens (primary N) is 1. The molecule has 2 aromatic rings. The summed E-state index contributed by atoms with van der Waals surface area (Å²) in [5.41, 5.74) is 6.28. The molecule has 7 nitrogen and oxygen atoms in total. The molecule has 2 rings (SSSR count). The average Bonchev–Trinajstić information content (AvgIpc) is 2.43. The lowest BCUT2D eigenvalue weighted by atomic mass is 10.4. The topological polar surface area (TPSA) is 104 Å². The maximum Gasteiger partial charge on any atom is 0.287 e. The van der Waals surface area contributed by atoms with Gasteiger partial charge in [0.1, 0.15) is 16.2 Å². The second-order valence-corrected chi connectivity index (χ2v) is 4.70. The molecule has 0 aliphatic rings. The fourth-order valence-corrected chi connectivity index (χ4v) is 2.15. The van der Waals surface area contributed by atoms with E-state index in [1.165, 1.54) is 24.0 Å². The van der Waals surface area contributed by atoms with Crippen molar-refractivity contribution < 1.29 is 9.66 Å². The summed E-state index contributed by atoms with van der Waals surface area (Å²) in [5.74, 6) is 0.478. The Kier molecular flexibility index (Phi) is 4.36.